The van der Waals surface area contributed by atoms with E-state index < -0.39 is 33.6 Å². The van der Waals surface area contributed by atoms with Crippen molar-refractivity contribution in [2.75, 3.05) is 26.3 Å². The zero-order valence-electron chi connectivity index (χ0n) is 20.4. The van der Waals surface area contributed by atoms with Crippen LogP contribution >= 0.6 is 0 Å². The summed E-state index contributed by atoms with van der Waals surface area (Å²) in [5.74, 6) is 5.57. The van der Waals surface area contributed by atoms with E-state index in [0.717, 1.165) is 36.5 Å². The molecule has 0 unspecified atom stereocenters. The van der Waals surface area contributed by atoms with E-state index in [4.69, 9.17) is 4.74 Å². The van der Waals surface area contributed by atoms with E-state index in [1.807, 2.05) is 0 Å². The van der Waals surface area contributed by atoms with Crippen LogP contribution < -0.4 is 0 Å². The Morgan fingerprint density at radius 2 is 1.45 bits per heavy atom. The summed E-state index contributed by atoms with van der Waals surface area (Å²) in [7, 11) is -3.70. The molecule has 0 N–H and O–H groups in total. The minimum Gasteiger partial charge on any atom is -0.379 e. The molecule has 208 valence electrons. The van der Waals surface area contributed by atoms with Crippen LogP contribution in [0.5, 0.6) is 0 Å². The van der Waals surface area contributed by atoms with Crippen molar-refractivity contribution in [1.29, 1.82) is 0 Å². The highest BCUT2D eigenvalue weighted by Gasteiger charge is 2.35. The third-order valence-electron chi connectivity index (χ3n) is 6.26. The summed E-state index contributed by atoms with van der Waals surface area (Å²) >= 11 is 0. The van der Waals surface area contributed by atoms with Crippen LogP contribution in [0.15, 0.2) is 71.8 Å². The number of ether oxygens (including phenoxy) is 1. The van der Waals surface area contributed by atoms with E-state index in [-0.39, 0.29) is 40.2 Å². The zero-order valence-corrected chi connectivity index (χ0v) is 21.2. The van der Waals surface area contributed by atoms with E-state index in [1.165, 1.54) is 34.6 Å². The van der Waals surface area contributed by atoms with Gasteiger partial charge >= 0.3 is 12.4 Å². The predicted octanol–water partition coefficient (Wildman–Crippen LogP) is 5.46. The molecular formula is C27H19F6N3O3S. The molecule has 0 bridgehead atoms. The average molecular weight is 580 g/mol. The van der Waals surface area contributed by atoms with E-state index in [9.17, 15) is 34.8 Å². The Labute approximate surface area is 224 Å². The molecule has 0 amide bonds. The number of halogens is 6. The van der Waals surface area contributed by atoms with Gasteiger partial charge in [-0.25, -0.2) is 12.9 Å². The highest BCUT2D eigenvalue weighted by Crippen LogP contribution is 2.35. The number of sulfonamides is 1. The molecule has 6 nitrogen and oxygen atoms in total. The highest BCUT2D eigenvalue weighted by molar-refractivity contribution is 7.89. The molecule has 5 rings (SSSR count). The Balaban J connectivity index is 1.49. The molecule has 0 saturated carbocycles. The fraction of sp³-hybridized carbons (Fsp3) is 0.222. The maximum absolute atomic E-state index is 13.9. The van der Waals surface area contributed by atoms with Crippen molar-refractivity contribution in [2.45, 2.75) is 17.2 Å². The molecule has 2 aromatic carbocycles. The first-order valence-electron chi connectivity index (χ1n) is 11.8. The van der Waals surface area contributed by atoms with Crippen molar-refractivity contribution in [1.82, 2.24) is 13.9 Å². The third-order valence-corrected chi connectivity index (χ3v) is 8.17. The van der Waals surface area contributed by atoms with Crippen LogP contribution in [-0.4, -0.2) is 48.6 Å². The number of rotatable bonds is 3. The van der Waals surface area contributed by atoms with Crippen molar-refractivity contribution < 1.29 is 39.5 Å². The molecule has 0 atom stereocenters. The zero-order chi connectivity index (χ0) is 28.7. The van der Waals surface area contributed by atoms with Crippen molar-refractivity contribution >= 4 is 15.5 Å². The summed E-state index contributed by atoms with van der Waals surface area (Å²) in [6, 6.07) is 11.7. The van der Waals surface area contributed by atoms with Crippen LogP contribution in [0.1, 0.15) is 22.4 Å². The number of pyridine rings is 1. The molecule has 13 heteroatoms. The van der Waals surface area contributed by atoms with Crippen molar-refractivity contribution in [3.8, 4) is 23.0 Å². The van der Waals surface area contributed by atoms with Crippen LogP contribution in [-0.2, 0) is 27.1 Å². The molecule has 0 spiro atoms. The molecule has 1 saturated heterocycles. The van der Waals surface area contributed by atoms with Gasteiger partial charge in [-0.15, -0.1) is 0 Å². The minimum absolute atomic E-state index is 0.00346. The second-order valence-electron chi connectivity index (χ2n) is 8.85. The highest BCUT2D eigenvalue weighted by atomic mass is 32.2. The van der Waals surface area contributed by atoms with Gasteiger partial charge in [0.2, 0.25) is 10.0 Å². The lowest BCUT2D eigenvalue weighted by atomic mass is 10.0. The van der Waals surface area contributed by atoms with Crippen LogP contribution in [0.4, 0.5) is 26.3 Å². The van der Waals surface area contributed by atoms with Crippen molar-refractivity contribution in [3.63, 3.8) is 0 Å². The number of morpholine rings is 1. The molecular weight excluding hydrogens is 560 g/mol. The molecule has 2 aromatic heterocycles. The summed E-state index contributed by atoms with van der Waals surface area (Å²) < 4.78 is 113. The van der Waals surface area contributed by atoms with E-state index in [0.29, 0.717) is 23.3 Å². The van der Waals surface area contributed by atoms with Gasteiger partial charge in [-0.05, 0) is 59.7 Å². The summed E-state index contributed by atoms with van der Waals surface area (Å²) in [6.07, 6.45) is -8.23. The van der Waals surface area contributed by atoms with Gasteiger partial charge in [-0.1, -0.05) is 24.0 Å². The van der Waals surface area contributed by atoms with E-state index >= 15 is 0 Å². The molecule has 1 fully saturated rings. The van der Waals surface area contributed by atoms with Crippen molar-refractivity contribution in [2.24, 2.45) is 0 Å². The smallest absolute Gasteiger partial charge is 0.379 e. The lowest BCUT2D eigenvalue weighted by Gasteiger charge is -2.26. The lowest BCUT2D eigenvalue weighted by molar-refractivity contribution is -0.142. The number of nitrogens with zero attached hydrogens (tertiary/aromatic N) is 3. The first kappa shape index (κ1) is 27.7. The van der Waals surface area contributed by atoms with Gasteiger partial charge in [0.05, 0.1) is 40.9 Å². The number of fused-ring (bicyclic) bond motifs is 1. The average Bonchev–Trinajstić information content (AvgIpc) is 3.34. The Hall–Kier alpha value is -3.86. The fourth-order valence-electron chi connectivity index (χ4n) is 4.19. The third kappa shape index (κ3) is 5.56. The monoisotopic (exact) mass is 579 g/mol. The predicted molar refractivity (Wildman–Crippen MR) is 133 cm³/mol. The quantitative estimate of drug-likeness (QED) is 0.239. The minimum atomic E-state index is -4.81. The second kappa shape index (κ2) is 10.3. The molecule has 0 aliphatic carbocycles. The summed E-state index contributed by atoms with van der Waals surface area (Å²) in [4.78, 5) is 0.0759. The second-order valence-corrected chi connectivity index (χ2v) is 10.8. The van der Waals surface area contributed by atoms with E-state index in [2.05, 4.69) is 16.9 Å². The first-order valence-corrected chi connectivity index (χ1v) is 13.2. The van der Waals surface area contributed by atoms with Crippen LogP contribution in [0.3, 0.4) is 0 Å². The molecule has 3 heterocycles. The maximum atomic E-state index is 13.9. The topological polar surface area (TPSA) is 63.9 Å². The Morgan fingerprint density at radius 1 is 0.800 bits per heavy atom. The standard InChI is InChI=1S/C27H19F6N3O3S/c28-26(29,30)22-7-5-19(6-8-22)21-15-24-20(17-34-36(24)25(16-21)27(31,32)33)4-1-18-2-9-23(10-3-18)40(37,38)35-11-13-39-14-12-35/h2-3,5-10,15-17H,11-14H2. The van der Waals surface area contributed by atoms with Crippen molar-refractivity contribution in [3.05, 3.63) is 89.2 Å². The Morgan fingerprint density at radius 3 is 2.05 bits per heavy atom. The lowest BCUT2D eigenvalue weighted by Crippen LogP contribution is -2.40. The van der Waals surface area contributed by atoms with E-state index in [1.54, 1.807) is 0 Å². The largest absolute Gasteiger partial charge is 0.433 e. The van der Waals surface area contributed by atoms with Gasteiger partial charge in [0.25, 0.3) is 0 Å². The summed E-state index contributed by atoms with van der Waals surface area (Å²) in [6.45, 7) is 1.10. The first-order chi connectivity index (χ1) is 18.8. The van der Waals surface area contributed by atoms with Gasteiger partial charge in [0.15, 0.2) is 0 Å². The van der Waals surface area contributed by atoms with Gasteiger partial charge in [0.1, 0.15) is 5.69 Å². The van der Waals surface area contributed by atoms with Gasteiger partial charge in [0, 0.05) is 18.7 Å². The number of aromatic nitrogens is 2. The Kier molecular flexibility index (Phi) is 7.11. The molecule has 1 aliphatic rings. The fourth-order valence-corrected chi connectivity index (χ4v) is 5.60. The number of alkyl halides is 6. The molecule has 40 heavy (non-hydrogen) atoms. The number of hydrogen-bond acceptors (Lipinski definition) is 4. The molecule has 0 radical (unpaired) electrons. The number of benzene rings is 2. The van der Waals surface area contributed by atoms with Gasteiger partial charge < -0.3 is 4.74 Å². The van der Waals surface area contributed by atoms with Gasteiger partial charge in [-0.3, -0.25) is 0 Å². The normalized spacial score (nSPS) is 15.2. The van der Waals surface area contributed by atoms with Crippen LogP contribution in [0.25, 0.3) is 16.6 Å². The number of hydrogen-bond donors (Lipinski definition) is 0. The summed E-state index contributed by atoms with van der Waals surface area (Å²) in [5, 5.41) is 3.83. The molecule has 1 aliphatic heterocycles. The van der Waals surface area contributed by atoms with Crippen LogP contribution in [0.2, 0.25) is 0 Å². The van der Waals surface area contributed by atoms with Crippen LogP contribution in [0, 0.1) is 11.8 Å². The Bertz CT molecular complexity index is 1710. The van der Waals surface area contributed by atoms with Gasteiger partial charge in [-0.2, -0.15) is 35.7 Å². The SMILES string of the molecule is O=S(=O)(c1ccc(C#Cc2cnn3c(C(F)(F)F)cc(-c4ccc(C(F)(F)F)cc4)cc23)cc1)N1CCOCC1. The summed E-state index contributed by atoms with van der Waals surface area (Å²) in [5.41, 5.74) is -1.30. The maximum Gasteiger partial charge on any atom is 0.433 e. The molecule has 4 aromatic rings.